The van der Waals surface area contributed by atoms with Crippen molar-refractivity contribution in [2.24, 2.45) is 7.05 Å². The Morgan fingerprint density at radius 3 is 2.79 bits per heavy atom. The molecule has 0 amide bonds. The van der Waals surface area contributed by atoms with Gasteiger partial charge in [-0.2, -0.15) is 5.10 Å². The molecule has 1 N–H and O–H groups in total. The van der Waals surface area contributed by atoms with Crippen LogP contribution in [0.4, 0.5) is 0 Å². The highest BCUT2D eigenvalue weighted by Crippen LogP contribution is 2.30. The fourth-order valence-electron chi connectivity index (χ4n) is 1.31. The van der Waals surface area contributed by atoms with Crippen molar-refractivity contribution in [1.29, 1.82) is 0 Å². The number of halogens is 1. The smallest absolute Gasteiger partial charge is 0.125 e. The number of aryl methyl sites for hydroxylation is 1. The number of phenolic OH excluding ortho intramolecular Hbond substituents is 1. The zero-order chi connectivity index (χ0) is 10.1. The van der Waals surface area contributed by atoms with Crippen molar-refractivity contribution in [2.75, 3.05) is 0 Å². The van der Waals surface area contributed by atoms with Crippen LogP contribution in [-0.2, 0) is 7.05 Å². The highest BCUT2D eigenvalue weighted by Gasteiger charge is 2.05. The van der Waals surface area contributed by atoms with Gasteiger partial charge in [-0.25, -0.2) is 0 Å². The van der Waals surface area contributed by atoms with Crippen LogP contribution >= 0.6 is 11.6 Å². The molecule has 0 unspecified atom stereocenters. The summed E-state index contributed by atoms with van der Waals surface area (Å²) in [6.07, 6.45) is 3.53. The van der Waals surface area contributed by atoms with Crippen LogP contribution < -0.4 is 0 Å². The first-order chi connectivity index (χ1) is 6.66. The maximum atomic E-state index is 9.63. The van der Waals surface area contributed by atoms with Crippen molar-refractivity contribution in [3.8, 4) is 16.9 Å². The summed E-state index contributed by atoms with van der Waals surface area (Å²) in [6, 6.07) is 5.03. The number of nitrogens with zero attached hydrogens (tertiary/aromatic N) is 2. The van der Waals surface area contributed by atoms with Crippen molar-refractivity contribution in [1.82, 2.24) is 9.78 Å². The van der Waals surface area contributed by atoms with Crippen LogP contribution in [0, 0.1) is 0 Å². The Morgan fingerprint density at radius 2 is 2.21 bits per heavy atom. The normalized spacial score (nSPS) is 10.4. The van der Waals surface area contributed by atoms with E-state index in [1.165, 1.54) is 6.07 Å². The predicted molar refractivity (Wildman–Crippen MR) is 55.3 cm³/mol. The number of aromatic nitrogens is 2. The van der Waals surface area contributed by atoms with E-state index in [2.05, 4.69) is 5.10 Å². The molecule has 1 aromatic carbocycles. The molecule has 0 aliphatic rings. The van der Waals surface area contributed by atoms with E-state index in [0.29, 0.717) is 5.02 Å². The lowest BCUT2D eigenvalue weighted by Gasteiger charge is -2.01. The molecule has 14 heavy (non-hydrogen) atoms. The van der Waals surface area contributed by atoms with Crippen LogP contribution in [0.2, 0.25) is 5.02 Å². The summed E-state index contributed by atoms with van der Waals surface area (Å²) in [4.78, 5) is 0. The molecular weight excluding hydrogens is 200 g/mol. The fraction of sp³-hybridized carbons (Fsp3) is 0.100. The molecule has 0 spiro atoms. The molecule has 1 aromatic heterocycles. The molecule has 0 saturated carbocycles. The lowest BCUT2D eigenvalue weighted by atomic mass is 10.1. The second-order valence-corrected chi connectivity index (χ2v) is 3.50. The number of aromatic hydroxyl groups is 1. The minimum atomic E-state index is 0.172. The van der Waals surface area contributed by atoms with Gasteiger partial charge in [0, 0.05) is 29.4 Å². The van der Waals surface area contributed by atoms with Gasteiger partial charge in [0.25, 0.3) is 0 Å². The Morgan fingerprint density at radius 1 is 1.43 bits per heavy atom. The van der Waals surface area contributed by atoms with Crippen LogP contribution in [-0.4, -0.2) is 14.9 Å². The lowest BCUT2D eigenvalue weighted by Crippen LogP contribution is -1.84. The van der Waals surface area contributed by atoms with E-state index >= 15 is 0 Å². The molecule has 4 heteroatoms. The zero-order valence-corrected chi connectivity index (χ0v) is 8.36. The Bertz CT molecular complexity index is 465. The quantitative estimate of drug-likeness (QED) is 0.782. The van der Waals surface area contributed by atoms with Gasteiger partial charge in [-0.1, -0.05) is 11.6 Å². The molecule has 0 fully saturated rings. The van der Waals surface area contributed by atoms with Crippen LogP contribution in [0.25, 0.3) is 11.1 Å². The minimum Gasteiger partial charge on any atom is -0.507 e. The lowest BCUT2D eigenvalue weighted by molar-refractivity contribution is 0.477. The van der Waals surface area contributed by atoms with Gasteiger partial charge in [-0.05, 0) is 18.2 Å². The summed E-state index contributed by atoms with van der Waals surface area (Å²) in [5.74, 6) is 0.172. The maximum Gasteiger partial charge on any atom is 0.125 e. The Hall–Kier alpha value is -1.48. The highest BCUT2D eigenvalue weighted by atomic mass is 35.5. The first kappa shape index (κ1) is 9.09. The molecule has 0 aliphatic heterocycles. The van der Waals surface area contributed by atoms with E-state index in [9.17, 15) is 5.11 Å². The van der Waals surface area contributed by atoms with Gasteiger partial charge in [0.05, 0.1) is 6.20 Å². The van der Waals surface area contributed by atoms with Gasteiger partial charge in [-0.3, -0.25) is 4.68 Å². The first-order valence-electron chi connectivity index (χ1n) is 4.14. The van der Waals surface area contributed by atoms with Gasteiger partial charge in [0.1, 0.15) is 5.75 Å². The second-order valence-electron chi connectivity index (χ2n) is 3.06. The molecule has 0 atom stereocenters. The van der Waals surface area contributed by atoms with Crippen LogP contribution in [0.15, 0.2) is 30.6 Å². The standard InChI is InChI=1S/C10H9ClN2O/c1-13-6-7(5-12-13)9-3-2-8(11)4-10(9)14/h2-6,14H,1H3. The van der Waals surface area contributed by atoms with Crippen molar-refractivity contribution in [3.05, 3.63) is 35.6 Å². The molecule has 0 bridgehead atoms. The SMILES string of the molecule is Cn1cc(-c2ccc(Cl)cc2O)cn1. The molecule has 0 radical (unpaired) electrons. The second kappa shape index (κ2) is 3.35. The average molecular weight is 209 g/mol. The van der Waals surface area contributed by atoms with E-state index in [-0.39, 0.29) is 5.75 Å². The van der Waals surface area contributed by atoms with E-state index < -0.39 is 0 Å². The first-order valence-corrected chi connectivity index (χ1v) is 4.52. The summed E-state index contributed by atoms with van der Waals surface area (Å²) < 4.78 is 1.68. The highest BCUT2D eigenvalue weighted by molar-refractivity contribution is 6.30. The van der Waals surface area contributed by atoms with Crippen molar-refractivity contribution in [2.45, 2.75) is 0 Å². The number of hydrogen-bond donors (Lipinski definition) is 1. The van der Waals surface area contributed by atoms with Crippen molar-refractivity contribution < 1.29 is 5.11 Å². The summed E-state index contributed by atoms with van der Waals surface area (Å²) in [5.41, 5.74) is 1.61. The average Bonchev–Trinajstić information content (AvgIpc) is 2.51. The number of rotatable bonds is 1. The molecule has 0 saturated heterocycles. The molecule has 0 aliphatic carbocycles. The molecule has 3 nitrogen and oxygen atoms in total. The molecule has 72 valence electrons. The van der Waals surface area contributed by atoms with Gasteiger partial charge < -0.3 is 5.11 Å². The van der Waals surface area contributed by atoms with Crippen LogP contribution in [0.5, 0.6) is 5.75 Å². The summed E-state index contributed by atoms with van der Waals surface area (Å²) >= 11 is 5.73. The van der Waals surface area contributed by atoms with Gasteiger partial charge in [0.15, 0.2) is 0 Å². The topological polar surface area (TPSA) is 38.0 Å². The van der Waals surface area contributed by atoms with Gasteiger partial charge >= 0.3 is 0 Å². The number of benzene rings is 1. The molecule has 2 aromatic rings. The van der Waals surface area contributed by atoms with E-state index in [1.54, 1.807) is 23.0 Å². The summed E-state index contributed by atoms with van der Waals surface area (Å²) in [6.45, 7) is 0. The Balaban J connectivity index is 2.52. The monoisotopic (exact) mass is 208 g/mol. The number of phenols is 1. The molecule has 2 rings (SSSR count). The van der Waals surface area contributed by atoms with E-state index in [4.69, 9.17) is 11.6 Å². The third kappa shape index (κ3) is 1.59. The van der Waals surface area contributed by atoms with Gasteiger partial charge in [-0.15, -0.1) is 0 Å². The Kier molecular flexibility index (Phi) is 2.17. The summed E-state index contributed by atoms with van der Waals surface area (Å²) in [7, 11) is 1.83. The predicted octanol–water partition coefficient (Wildman–Crippen LogP) is 2.45. The van der Waals surface area contributed by atoms with Crippen molar-refractivity contribution in [3.63, 3.8) is 0 Å². The largest absolute Gasteiger partial charge is 0.507 e. The summed E-state index contributed by atoms with van der Waals surface area (Å²) in [5, 5.41) is 14.2. The zero-order valence-electron chi connectivity index (χ0n) is 7.61. The molecular formula is C10H9ClN2O. The molecule has 1 heterocycles. The van der Waals surface area contributed by atoms with Crippen molar-refractivity contribution >= 4 is 11.6 Å². The van der Waals surface area contributed by atoms with E-state index in [0.717, 1.165) is 11.1 Å². The van der Waals surface area contributed by atoms with Crippen LogP contribution in [0.3, 0.4) is 0 Å². The maximum absolute atomic E-state index is 9.63. The van der Waals surface area contributed by atoms with Crippen LogP contribution in [0.1, 0.15) is 0 Å². The van der Waals surface area contributed by atoms with Gasteiger partial charge in [0.2, 0.25) is 0 Å². The van der Waals surface area contributed by atoms with E-state index in [1.807, 2.05) is 13.2 Å². The minimum absolute atomic E-state index is 0.172. The number of hydrogen-bond acceptors (Lipinski definition) is 2. The third-order valence-corrected chi connectivity index (χ3v) is 2.21. The fourth-order valence-corrected chi connectivity index (χ4v) is 1.48. The Labute approximate surface area is 86.6 Å². The third-order valence-electron chi connectivity index (χ3n) is 1.98.